The van der Waals surface area contributed by atoms with Crippen molar-refractivity contribution in [1.82, 2.24) is 20.4 Å². The summed E-state index contributed by atoms with van der Waals surface area (Å²) in [5.74, 6) is -5.85. The molecule has 2 saturated heterocycles. The van der Waals surface area contributed by atoms with Crippen molar-refractivity contribution in [1.29, 1.82) is 0 Å². The second-order valence-corrected chi connectivity index (χ2v) is 28.2. The Kier molecular flexibility index (Phi) is 25.0. The van der Waals surface area contributed by atoms with Crippen molar-refractivity contribution in [3.8, 4) is 0 Å². The highest BCUT2D eigenvalue weighted by Gasteiger charge is 2.45. The number of hydrogen-bond donors (Lipinski definition) is 3. The Hall–Kier alpha value is -5.26. The molecule has 2 unspecified atom stereocenters. The third-order valence-corrected chi connectivity index (χ3v) is 18.8. The zero-order chi connectivity index (χ0) is 56.5. The van der Waals surface area contributed by atoms with Gasteiger partial charge in [0.25, 0.3) is 0 Å². The standard InChI is InChI=1S/C32H52N2O6Si.C26H38N2O6/c1-21(2)19-25(30(37)34-18-14-17-26(34)31(38)39-20-24-15-12-11-13-16-24)33-29(36)23(5)27(35)28(22(3)4)40-41(9,10)32(6,7)8;1-16(2)14-20(27-24(31)18(5)23(30)22(29)17(3)4)25(32)28-13-9-12-21(28)26(33)34-15-19-10-7-6-8-11-19/h11-13,15-16,21-23,25-26,28H,14,17-20H2,1-10H3,(H,33,36);6-8,10-11,16-18,20-22,29H,9,12-15H2,1-5H3,(H,27,31)/t23?,25-,26-,28-;18?,20-,21-,22-/m00/s1. The molecule has 0 saturated carbocycles. The minimum atomic E-state index is -2.27. The van der Waals surface area contributed by atoms with Crippen molar-refractivity contribution < 1.29 is 57.4 Å². The lowest BCUT2D eigenvalue weighted by Gasteiger charge is -2.40. The van der Waals surface area contributed by atoms with Crippen LogP contribution in [0.2, 0.25) is 18.1 Å². The molecule has 2 heterocycles. The zero-order valence-corrected chi connectivity index (χ0v) is 48.6. The number of ether oxygens (including phenoxy) is 2. The number of likely N-dealkylation sites (tertiary alicyclic amines) is 2. The van der Waals surface area contributed by atoms with Gasteiger partial charge in [0, 0.05) is 13.1 Å². The summed E-state index contributed by atoms with van der Waals surface area (Å²) in [6.45, 7) is 29.7. The number of amides is 4. The highest BCUT2D eigenvalue weighted by molar-refractivity contribution is 6.74. The van der Waals surface area contributed by atoms with Gasteiger partial charge in [0.1, 0.15) is 49.6 Å². The molecule has 3 N–H and O–H groups in total. The fraction of sp³-hybridized carbons (Fsp3) is 0.655. The first-order valence-corrected chi connectivity index (χ1v) is 30.0. The molecule has 16 nitrogen and oxygen atoms in total. The van der Waals surface area contributed by atoms with Gasteiger partial charge in [0.15, 0.2) is 19.9 Å². The molecule has 75 heavy (non-hydrogen) atoms. The van der Waals surface area contributed by atoms with E-state index in [1.165, 1.54) is 16.7 Å². The first-order chi connectivity index (χ1) is 35.0. The number of esters is 2. The number of benzene rings is 2. The Labute approximate surface area is 448 Å². The molecule has 0 spiro atoms. The van der Waals surface area contributed by atoms with Gasteiger partial charge in [-0.3, -0.25) is 28.8 Å². The van der Waals surface area contributed by atoms with E-state index in [4.69, 9.17) is 13.9 Å². The third kappa shape index (κ3) is 19.1. The van der Waals surface area contributed by atoms with Crippen molar-refractivity contribution in [3.05, 3.63) is 71.8 Å². The van der Waals surface area contributed by atoms with Crippen LogP contribution >= 0.6 is 0 Å². The smallest absolute Gasteiger partial charge is 0.329 e. The monoisotopic (exact) mass is 1060 g/mol. The maximum absolute atomic E-state index is 13.7. The molecular weight excluding hydrogens is 973 g/mol. The van der Waals surface area contributed by atoms with Gasteiger partial charge in [-0.15, -0.1) is 0 Å². The molecule has 8 atom stereocenters. The summed E-state index contributed by atoms with van der Waals surface area (Å²) < 4.78 is 17.5. The van der Waals surface area contributed by atoms with Crippen LogP contribution in [-0.4, -0.2) is 120 Å². The normalized spacial score (nSPS) is 18.3. The van der Waals surface area contributed by atoms with Gasteiger partial charge >= 0.3 is 11.9 Å². The molecule has 418 valence electrons. The van der Waals surface area contributed by atoms with Crippen LogP contribution in [0.1, 0.15) is 140 Å². The number of ketones is 2. The van der Waals surface area contributed by atoms with E-state index in [-0.39, 0.29) is 59.5 Å². The lowest BCUT2D eigenvalue weighted by Crippen LogP contribution is -2.55. The number of aliphatic hydroxyl groups is 1. The second-order valence-electron chi connectivity index (χ2n) is 23.4. The summed E-state index contributed by atoms with van der Waals surface area (Å²) in [6.07, 6.45) is 1.14. The molecule has 2 aliphatic rings. The van der Waals surface area contributed by atoms with Crippen LogP contribution in [0.3, 0.4) is 0 Å². The zero-order valence-electron chi connectivity index (χ0n) is 47.6. The summed E-state index contributed by atoms with van der Waals surface area (Å²) in [7, 11) is -2.27. The number of nitrogens with one attached hydrogen (secondary N) is 2. The minimum absolute atomic E-state index is 0.0881. The Balaban J connectivity index is 0.000000402. The first kappa shape index (κ1) is 64.0. The summed E-state index contributed by atoms with van der Waals surface area (Å²) >= 11 is 0. The lowest BCUT2D eigenvalue weighted by molar-refractivity contribution is -0.155. The molecule has 0 aliphatic carbocycles. The highest BCUT2D eigenvalue weighted by atomic mass is 28.4. The maximum Gasteiger partial charge on any atom is 0.329 e. The fourth-order valence-electron chi connectivity index (χ4n) is 8.69. The van der Waals surface area contributed by atoms with Gasteiger partial charge in [0.2, 0.25) is 23.6 Å². The van der Waals surface area contributed by atoms with Crippen LogP contribution in [0, 0.1) is 35.5 Å². The van der Waals surface area contributed by atoms with E-state index in [1.807, 2.05) is 102 Å². The fourth-order valence-corrected chi connectivity index (χ4v) is 10.1. The summed E-state index contributed by atoms with van der Waals surface area (Å²) in [4.78, 5) is 108. The maximum atomic E-state index is 13.7. The van der Waals surface area contributed by atoms with Crippen LogP contribution in [0.25, 0.3) is 0 Å². The van der Waals surface area contributed by atoms with Crippen LogP contribution in [0.5, 0.6) is 0 Å². The number of aliphatic hydroxyl groups excluding tert-OH is 1. The molecule has 0 aromatic heterocycles. The van der Waals surface area contributed by atoms with Crippen LogP contribution in [-0.2, 0) is 65.5 Å². The average Bonchev–Trinajstić information content (AvgIpc) is 4.06. The van der Waals surface area contributed by atoms with Gasteiger partial charge in [-0.2, -0.15) is 0 Å². The molecule has 2 aliphatic heterocycles. The van der Waals surface area contributed by atoms with Crippen molar-refractivity contribution in [3.63, 3.8) is 0 Å². The van der Waals surface area contributed by atoms with E-state index in [9.17, 15) is 43.5 Å². The van der Waals surface area contributed by atoms with Gasteiger partial charge in [-0.1, -0.05) is 137 Å². The van der Waals surface area contributed by atoms with E-state index in [0.717, 1.165) is 11.1 Å². The van der Waals surface area contributed by atoms with Crippen molar-refractivity contribution in [2.75, 3.05) is 13.1 Å². The van der Waals surface area contributed by atoms with E-state index in [1.54, 1.807) is 20.8 Å². The number of carbonyl (C=O) groups is 8. The molecule has 4 rings (SSSR count). The average molecular weight is 1060 g/mol. The SMILES string of the molecule is CC(C)C[C@H](NC(=O)C(C)C(=O)[C@@H](O)C(C)C)C(=O)N1CCC[C@H]1C(=O)OCc1ccccc1.CC(C)C[C@H](NC(=O)C(C)C(=O)[C@@H](O[Si](C)(C)C(C)(C)C)C(C)C)C(=O)N1CCC[C@H]1C(=O)OCc1ccccc1. The predicted molar refractivity (Wildman–Crippen MR) is 291 cm³/mol. The van der Waals surface area contributed by atoms with Gasteiger partial charge in [-0.05, 0) is 105 Å². The predicted octanol–water partition coefficient (Wildman–Crippen LogP) is 7.98. The largest absolute Gasteiger partial charge is 0.459 e. The number of rotatable bonds is 24. The minimum Gasteiger partial charge on any atom is -0.459 e. The van der Waals surface area contributed by atoms with Gasteiger partial charge in [-0.25, -0.2) is 9.59 Å². The molecule has 17 heteroatoms. The van der Waals surface area contributed by atoms with E-state index in [2.05, 4.69) is 44.5 Å². The van der Waals surface area contributed by atoms with Crippen LogP contribution < -0.4 is 10.6 Å². The molecule has 0 radical (unpaired) electrons. The van der Waals surface area contributed by atoms with E-state index >= 15 is 0 Å². The number of nitrogens with zero attached hydrogens (tertiary/aromatic N) is 2. The van der Waals surface area contributed by atoms with Gasteiger partial charge < -0.3 is 39.4 Å². The Morgan fingerprint density at radius 1 is 0.600 bits per heavy atom. The topological polar surface area (TPSA) is 215 Å². The summed E-state index contributed by atoms with van der Waals surface area (Å²) in [5.41, 5.74) is 1.73. The molecule has 0 bridgehead atoms. The summed E-state index contributed by atoms with van der Waals surface area (Å²) in [6, 6.07) is 15.6. The molecule has 4 amide bonds. The number of Topliss-reactive ketones (excluding diaryl/α,β-unsaturated/α-hetero) is 2. The third-order valence-electron chi connectivity index (χ3n) is 14.4. The Morgan fingerprint density at radius 3 is 1.31 bits per heavy atom. The highest BCUT2D eigenvalue weighted by Crippen LogP contribution is 2.38. The number of hydrogen-bond acceptors (Lipinski definition) is 12. The van der Waals surface area contributed by atoms with Crippen molar-refractivity contribution in [2.45, 2.75) is 196 Å². The van der Waals surface area contributed by atoms with Crippen molar-refractivity contribution in [2.24, 2.45) is 35.5 Å². The number of carbonyl (C=O) groups excluding carboxylic acids is 8. The van der Waals surface area contributed by atoms with E-state index < -0.39 is 86.1 Å². The summed E-state index contributed by atoms with van der Waals surface area (Å²) in [5, 5.41) is 15.5. The lowest BCUT2D eigenvalue weighted by atomic mass is 9.93. The molecule has 2 fully saturated rings. The second kappa shape index (κ2) is 29.3. The molecule has 2 aromatic carbocycles. The Morgan fingerprint density at radius 2 is 0.973 bits per heavy atom. The quantitative estimate of drug-likeness (QED) is 0.0519. The van der Waals surface area contributed by atoms with Crippen molar-refractivity contribution >= 4 is 55.5 Å². The van der Waals surface area contributed by atoms with Gasteiger partial charge in [0.05, 0.1) is 11.8 Å². The van der Waals surface area contributed by atoms with E-state index in [0.29, 0.717) is 51.6 Å². The molecular formula is C58H90N4O12Si. The van der Waals surface area contributed by atoms with Crippen LogP contribution in [0.4, 0.5) is 0 Å². The van der Waals surface area contributed by atoms with Crippen LogP contribution in [0.15, 0.2) is 60.7 Å². The first-order valence-electron chi connectivity index (χ1n) is 27.0. The Bertz CT molecular complexity index is 2210. The molecule has 2 aromatic rings.